The van der Waals surface area contributed by atoms with E-state index in [4.69, 9.17) is 4.74 Å². The van der Waals surface area contributed by atoms with Crippen LogP contribution in [0.15, 0.2) is 108 Å². The fourth-order valence-corrected chi connectivity index (χ4v) is 5.53. The molecule has 11 heteroatoms. The molecule has 0 aliphatic carbocycles. The van der Waals surface area contributed by atoms with Gasteiger partial charge < -0.3 is 4.74 Å². The molecule has 0 aliphatic heterocycles. The standard InChI is InChI=1S/C28H17Br3N4O4/c29-20-11-10-18(23(31)13-20)16-39-26-19(12-21(30)14-25(26)35(37)38)15-32-34-27(17-6-2-1-3-7-17)33-24-9-5-4-8-22(24)28(34)36/h1-15H,16H2. The van der Waals surface area contributed by atoms with Crippen LogP contribution < -0.4 is 10.3 Å². The number of nitro benzene ring substituents is 1. The second-order valence-corrected chi connectivity index (χ2v) is 11.0. The van der Waals surface area contributed by atoms with Gasteiger partial charge in [0.1, 0.15) is 6.61 Å². The Morgan fingerprint density at radius 1 is 0.949 bits per heavy atom. The second-order valence-electron chi connectivity index (χ2n) is 8.30. The van der Waals surface area contributed by atoms with Crippen LogP contribution in [-0.2, 0) is 6.61 Å². The molecule has 0 saturated heterocycles. The van der Waals surface area contributed by atoms with Crippen molar-refractivity contribution in [3.8, 4) is 17.1 Å². The van der Waals surface area contributed by atoms with Crippen molar-refractivity contribution in [1.29, 1.82) is 0 Å². The quantitative estimate of drug-likeness (QED) is 0.0978. The van der Waals surface area contributed by atoms with Crippen LogP contribution in [0.3, 0.4) is 0 Å². The number of fused-ring (bicyclic) bond motifs is 1. The molecule has 5 aromatic rings. The molecule has 5 rings (SSSR count). The SMILES string of the molecule is O=c1c2ccccc2nc(-c2ccccc2)n1N=Cc1cc(Br)cc([N+](=O)[O-])c1OCc1ccc(Br)cc1Br. The number of nitro groups is 1. The van der Waals surface area contributed by atoms with E-state index in [-0.39, 0.29) is 23.6 Å². The van der Waals surface area contributed by atoms with Gasteiger partial charge in [-0.3, -0.25) is 14.9 Å². The van der Waals surface area contributed by atoms with E-state index in [1.54, 1.807) is 24.3 Å². The van der Waals surface area contributed by atoms with E-state index in [0.29, 0.717) is 32.3 Å². The minimum absolute atomic E-state index is 0.0184. The Labute approximate surface area is 247 Å². The Morgan fingerprint density at radius 2 is 1.69 bits per heavy atom. The van der Waals surface area contributed by atoms with Gasteiger partial charge in [0.2, 0.25) is 5.75 Å². The van der Waals surface area contributed by atoms with Crippen LogP contribution in [-0.4, -0.2) is 20.8 Å². The number of para-hydroxylation sites is 1. The van der Waals surface area contributed by atoms with Crippen molar-refractivity contribution in [2.45, 2.75) is 6.61 Å². The number of hydrogen-bond donors (Lipinski definition) is 0. The van der Waals surface area contributed by atoms with Crippen LogP contribution in [0.4, 0.5) is 5.69 Å². The lowest BCUT2D eigenvalue weighted by Gasteiger charge is -2.12. The van der Waals surface area contributed by atoms with Crippen LogP contribution in [0.1, 0.15) is 11.1 Å². The van der Waals surface area contributed by atoms with Gasteiger partial charge in [-0.05, 0) is 30.3 Å². The first kappa shape index (κ1) is 26.9. The van der Waals surface area contributed by atoms with Crippen molar-refractivity contribution >= 4 is 70.6 Å². The summed E-state index contributed by atoms with van der Waals surface area (Å²) in [5, 5.41) is 16.8. The maximum atomic E-state index is 13.5. The van der Waals surface area contributed by atoms with Crippen LogP contribution in [0.2, 0.25) is 0 Å². The van der Waals surface area contributed by atoms with E-state index in [1.165, 1.54) is 17.0 Å². The first-order valence-electron chi connectivity index (χ1n) is 11.5. The molecule has 0 spiro atoms. The van der Waals surface area contributed by atoms with Crippen molar-refractivity contribution in [3.63, 3.8) is 0 Å². The third-order valence-electron chi connectivity index (χ3n) is 5.74. The molecule has 0 saturated carbocycles. The Kier molecular flexibility index (Phi) is 8.01. The fourth-order valence-electron chi connectivity index (χ4n) is 3.90. The lowest BCUT2D eigenvalue weighted by molar-refractivity contribution is -0.386. The summed E-state index contributed by atoms with van der Waals surface area (Å²) in [6.07, 6.45) is 1.37. The summed E-state index contributed by atoms with van der Waals surface area (Å²) < 4.78 is 9.31. The summed E-state index contributed by atoms with van der Waals surface area (Å²) in [6, 6.07) is 24.8. The van der Waals surface area contributed by atoms with Gasteiger partial charge in [-0.1, -0.05) is 96.3 Å². The molecule has 194 valence electrons. The third-order valence-corrected chi connectivity index (χ3v) is 7.43. The highest BCUT2D eigenvalue weighted by molar-refractivity contribution is 9.11. The van der Waals surface area contributed by atoms with Gasteiger partial charge in [0.25, 0.3) is 5.56 Å². The van der Waals surface area contributed by atoms with Crippen LogP contribution in [0.5, 0.6) is 5.75 Å². The molecule has 39 heavy (non-hydrogen) atoms. The molecule has 0 bridgehead atoms. The molecule has 0 N–H and O–H groups in total. The zero-order valence-corrected chi connectivity index (χ0v) is 24.7. The highest BCUT2D eigenvalue weighted by Crippen LogP contribution is 2.35. The van der Waals surface area contributed by atoms with Gasteiger partial charge in [0, 0.05) is 36.2 Å². The predicted octanol–water partition coefficient (Wildman–Crippen LogP) is 7.72. The molecule has 0 amide bonds. The zero-order valence-electron chi connectivity index (χ0n) is 19.9. The van der Waals surface area contributed by atoms with E-state index in [1.807, 2.05) is 54.6 Å². The summed E-state index contributed by atoms with van der Waals surface area (Å²) in [4.78, 5) is 29.6. The van der Waals surface area contributed by atoms with Crippen LogP contribution >= 0.6 is 47.8 Å². The molecule has 1 aromatic heterocycles. The molecule has 1 heterocycles. The van der Waals surface area contributed by atoms with Crippen LogP contribution in [0.25, 0.3) is 22.3 Å². The number of benzene rings is 4. The van der Waals surface area contributed by atoms with Crippen LogP contribution in [0, 0.1) is 10.1 Å². The number of rotatable bonds is 7. The van der Waals surface area contributed by atoms with Crippen molar-refractivity contribution in [1.82, 2.24) is 9.66 Å². The second kappa shape index (κ2) is 11.6. The highest BCUT2D eigenvalue weighted by Gasteiger charge is 2.21. The lowest BCUT2D eigenvalue weighted by atomic mass is 10.1. The average Bonchev–Trinajstić information content (AvgIpc) is 2.93. The Hall–Kier alpha value is -3.67. The fraction of sp³-hybridized carbons (Fsp3) is 0.0357. The molecule has 4 aromatic carbocycles. The van der Waals surface area contributed by atoms with Gasteiger partial charge in [-0.2, -0.15) is 9.78 Å². The maximum absolute atomic E-state index is 13.5. The molecule has 0 aliphatic rings. The summed E-state index contributed by atoms with van der Waals surface area (Å²) in [6.45, 7) is 0.0594. The number of nitrogens with zero attached hydrogens (tertiary/aromatic N) is 4. The minimum atomic E-state index is -0.521. The largest absolute Gasteiger partial charge is 0.481 e. The van der Waals surface area contributed by atoms with Gasteiger partial charge in [-0.15, -0.1) is 0 Å². The first-order chi connectivity index (χ1) is 18.8. The summed E-state index contributed by atoms with van der Waals surface area (Å²) in [7, 11) is 0. The molecule has 8 nitrogen and oxygen atoms in total. The third kappa shape index (κ3) is 5.85. The Balaban J connectivity index is 1.63. The van der Waals surface area contributed by atoms with E-state index < -0.39 is 4.92 Å². The lowest BCUT2D eigenvalue weighted by Crippen LogP contribution is -2.20. The Morgan fingerprint density at radius 3 is 2.44 bits per heavy atom. The van der Waals surface area contributed by atoms with Crippen molar-refractivity contribution in [2.75, 3.05) is 0 Å². The van der Waals surface area contributed by atoms with E-state index in [9.17, 15) is 14.9 Å². The summed E-state index contributed by atoms with van der Waals surface area (Å²) in [5.41, 5.74) is 1.71. The van der Waals surface area contributed by atoms with E-state index in [0.717, 1.165) is 14.5 Å². The van der Waals surface area contributed by atoms with Crippen molar-refractivity contribution < 1.29 is 9.66 Å². The smallest absolute Gasteiger partial charge is 0.312 e. The predicted molar refractivity (Wildman–Crippen MR) is 161 cm³/mol. The van der Waals surface area contributed by atoms with Gasteiger partial charge in [-0.25, -0.2) is 4.98 Å². The molecule has 0 fully saturated rings. The number of hydrogen-bond acceptors (Lipinski definition) is 6. The zero-order chi connectivity index (χ0) is 27.5. The maximum Gasteiger partial charge on any atom is 0.312 e. The molecule has 0 radical (unpaired) electrons. The van der Waals surface area contributed by atoms with E-state index >= 15 is 0 Å². The highest BCUT2D eigenvalue weighted by atomic mass is 79.9. The molecular weight excluding hydrogens is 696 g/mol. The molecule has 0 atom stereocenters. The van der Waals surface area contributed by atoms with E-state index in [2.05, 4.69) is 57.9 Å². The number of halogens is 3. The number of ether oxygens (including phenoxy) is 1. The van der Waals surface area contributed by atoms with Gasteiger partial charge >= 0.3 is 5.69 Å². The Bertz CT molecular complexity index is 1810. The minimum Gasteiger partial charge on any atom is -0.481 e. The summed E-state index contributed by atoms with van der Waals surface area (Å²) >= 11 is 10.2. The topological polar surface area (TPSA) is 99.6 Å². The van der Waals surface area contributed by atoms with Crippen molar-refractivity contribution in [3.05, 3.63) is 130 Å². The monoisotopic (exact) mass is 710 g/mol. The van der Waals surface area contributed by atoms with Gasteiger partial charge in [0.05, 0.1) is 22.0 Å². The molecule has 0 unspecified atom stereocenters. The molecular formula is C28H17Br3N4O4. The number of aromatic nitrogens is 2. The average molecular weight is 713 g/mol. The van der Waals surface area contributed by atoms with Gasteiger partial charge in [0.15, 0.2) is 5.82 Å². The normalized spacial score (nSPS) is 11.3. The summed E-state index contributed by atoms with van der Waals surface area (Å²) in [5.74, 6) is 0.353. The van der Waals surface area contributed by atoms with Crippen molar-refractivity contribution in [2.24, 2.45) is 5.10 Å². The first-order valence-corrected chi connectivity index (χ1v) is 13.9.